The molecule has 0 saturated heterocycles. The van der Waals surface area contributed by atoms with Crippen LogP contribution in [0.3, 0.4) is 0 Å². The summed E-state index contributed by atoms with van der Waals surface area (Å²) < 4.78 is 0. The van der Waals surface area contributed by atoms with E-state index in [1.807, 2.05) is 6.07 Å². The van der Waals surface area contributed by atoms with Gasteiger partial charge in [-0.2, -0.15) is 0 Å². The Bertz CT molecular complexity index is 263. The van der Waals surface area contributed by atoms with E-state index in [0.717, 1.165) is 5.56 Å². The highest BCUT2D eigenvalue weighted by Crippen LogP contribution is 2.24. The largest absolute Gasteiger partial charge is 0.392 e. The van der Waals surface area contributed by atoms with Gasteiger partial charge in [-0.05, 0) is 22.6 Å². The molecule has 1 heterocycles. The highest BCUT2D eigenvalue weighted by atomic mass is 16.3. The first-order valence-electron chi connectivity index (χ1n) is 4.10. The van der Waals surface area contributed by atoms with Crippen molar-refractivity contribution in [2.45, 2.75) is 32.8 Å². The fourth-order valence-corrected chi connectivity index (χ4v) is 1.28. The topological polar surface area (TPSA) is 33.1 Å². The Morgan fingerprint density at radius 3 is 2.50 bits per heavy atom. The third kappa shape index (κ3) is 1.83. The molecule has 0 unspecified atom stereocenters. The molecule has 0 radical (unpaired) electrons. The zero-order valence-electron chi connectivity index (χ0n) is 7.83. The summed E-state index contributed by atoms with van der Waals surface area (Å²) >= 11 is 0. The van der Waals surface area contributed by atoms with Crippen molar-refractivity contribution in [2.24, 2.45) is 0 Å². The molecule has 2 heteroatoms. The van der Waals surface area contributed by atoms with Crippen molar-refractivity contribution in [1.29, 1.82) is 0 Å². The minimum Gasteiger partial charge on any atom is -0.392 e. The van der Waals surface area contributed by atoms with Crippen molar-refractivity contribution in [3.63, 3.8) is 0 Å². The Labute approximate surface area is 73.3 Å². The SMILES string of the molecule is CC(C)(C)c1ccncc1CO. The number of rotatable bonds is 1. The van der Waals surface area contributed by atoms with Gasteiger partial charge in [-0.1, -0.05) is 20.8 Å². The monoisotopic (exact) mass is 165 g/mol. The summed E-state index contributed by atoms with van der Waals surface area (Å²) in [7, 11) is 0. The molecule has 1 aromatic rings. The zero-order valence-corrected chi connectivity index (χ0v) is 7.83. The van der Waals surface area contributed by atoms with Crippen molar-refractivity contribution in [1.82, 2.24) is 4.98 Å². The van der Waals surface area contributed by atoms with E-state index in [1.54, 1.807) is 12.4 Å². The Balaban J connectivity index is 3.14. The second kappa shape index (κ2) is 3.23. The van der Waals surface area contributed by atoms with Crippen LogP contribution in [-0.4, -0.2) is 10.1 Å². The molecule has 0 fully saturated rings. The first-order valence-corrected chi connectivity index (χ1v) is 4.10. The van der Waals surface area contributed by atoms with Gasteiger partial charge in [-0.15, -0.1) is 0 Å². The quantitative estimate of drug-likeness (QED) is 0.689. The molecule has 0 spiro atoms. The third-order valence-electron chi connectivity index (χ3n) is 1.88. The normalized spacial score (nSPS) is 11.7. The van der Waals surface area contributed by atoms with Gasteiger partial charge < -0.3 is 5.11 Å². The maximum absolute atomic E-state index is 9.04. The van der Waals surface area contributed by atoms with Gasteiger partial charge in [0, 0.05) is 12.4 Å². The van der Waals surface area contributed by atoms with Gasteiger partial charge in [0.2, 0.25) is 0 Å². The van der Waals surface area contributed by atoms with Crippen LogP contribution in [-0.2, 0) is 12.0 Å². The van der Waals surface area contributed by atoms with Crippen LogP contribution in [0.25, 0.3) is 0 Å². The Hall–Kier alpha value is -0.890. The average molecular weight is 165 g/mol. The van der Waals surface area contributed by atoms with Gasteiger partial charge in [0.1, 0.15) is 0 Å². The molecule has 1 aromatic heterocycles. The van der Waals surface area contributed by atoms with Crippen LogP contribution in [0.4, 0.5) is 0 Å². The molecule has 0 aliphatic heterocycles. The maximum Gasteiger partial charge on any atom is 0.0699 e. The number of aliphatic hydroxyl groups is 1. The molecule has 2 nitrogen and oxygen atoms in total. The standard InChI is InChI=1S/C10H15NO/c1-10(2,3)9-4-5-11-6-8(9)7-12/h4-6,12H,7H2,1-3H3. The molecule has 0 aromatic carbocycles. The molecule has 0 saturated carbocycles. The van der Waals surface area contributed by atoms with Crippen LogP contribution < -0.4 is 0 Å². The smallest absolute Gasteiger partial charge is 0.0699 e. The van der Waals surface area contributed by atoms with E-state index >= 15 is 0 Å². The van der Waals surface area contributed by atoms with E-state index in [2.05, 4.69) is 25.8 Å². The molecule has 66 valence electrons. The van der Waals surface area contributed by atoms with Crippen LogP contribution in [0.1, 0.15) is 31.9 Å². The van der Waals surface area contributed by atoms with E-state index in [1.165, 1.54) is 5.56 Å². The lowest BCUT2D eigenvalue weighted by Gasteiger charge is -2.21. The van der Waals surface area contributed by atoms with Crippen molar-refractivity contribution in [2.75, 3.05) is 0 Å². The highest BCUT2D eigenvalue weighted by Gasteiger charge is 2.16. The molecule has 0 atom stereocenters. The lowest BCUT2D eigenvalue weighted by Crippen LogP contribution is -2.14. The summed E-state index contributed by atoms with van der Waals surface area (Å²) in [5.41, 5.74) is 2.17. The van der Waals surface area contributed by atoms with E-state index in [4.69, 9.17) is 5.11 Å². The van der Waals surface area contributed by atoms with E-state index in [9.17, 15) is 0 Å². The van der Waals surface area contributed by atoms with E-state index < -0.39 is 0 Å². The lowest BCUT2D eigenvalue weighted by molar-refractivity contribution is 0.278. The number of hydrogen-bond donors (Lipinski definition) is 1. The molecule has 0 amide bonds. The molecule has 12 heavy (non-hydrogen) atoms. The lowest BCUT2D eigenvalue weighted by atomic mass is 9.85. The molecular formula is C10H15NO. The van der Waals surface area contributed by atoms with Gasteiger partial charge >= 0.3 is 0 Å². The highest BCUT2D eigenvalue weighted by molar-refractivity contribution is 5.29. The number of hydrogen-bond acceptors (Lipinski definition) is 2. The van der Waals surface area contributed by atoms with Crippen molar-refractivity contribution in [3.05, 3.63) is 29.6 Å². The number of aromatic nitrogens is 1. The van der Waals surface area contributed by atoms with Crippen molar-refractivity contribution in [3.8, 4) is 0 Å². The van der Waals surface area contributed by atoms with Gasteiger partial charge in [0.15, 0.2) is 0 Å². The predicted octanol–water partition coefficient (Wildman–Crippen LogP) is 1.87. The van der Waals surface area contributed by atoms with Gasteiger partial charge in [-0.3, -0.25) is 4.98 Å². The second-order valence-corrected chi connectivity index (χ2v) is 3.94. The van der Waals surface area contributed by atoms with Crippen LogP contribution in [0.2, 0.25) is 0 Å². The Kier molecular flexibility index (Phi) is 2.48. The number of nitrogens with zero attached hydrogens (tertiary/aromatic N) is 1. The van der Waals surface area contributed by atoms with Gasteiger partial charge in [-0.25, -0.2) is 0 Å². The zero-order chi connectivity index (χ0) is 9.19. The summed E-state index contributed by atoms with van der Waals surface area (Å²) in [5, 5.41) is 9.04. The fraction of sp³-hybridized carbons (Fsp3) is 0.500. The summed E-state index contributed by atoms with van der Waals surface area (Å²) in [4.78, 5) is 3.97. The van der Waals surface area contributed by atoms with Gasteiger partial charge in [0.05, 0.1) is 6.61 Å². The molecular weight excluding hydrogens is 150 g/mol. The average Bonchev–Trinajstić information content (AvgIpc) is 2.03. The summed E-state index contributed by atoms with van der Waals surface area (Å²) in [6, 6.07) is 1.96. The van der Waals surface area contributed by atoms with E-state index in [-0.39, 0.29) is 12.0 Å². The molecule has 1 N–H and O–H groups in total. The third-order valence-corrected chi connectivity index (χ3v) is 1.88. The van der Waals surface area contributed by atoms with Gasteiger partial charge in [0.25, 0.3) is 0 Å². The number of pyridine rings is 1. The second-order valence-electron chi connectivity index (χ2n) is 3.94. The molecule has 1 rings (SSSR count). The summed E-state index contributed by atoms with van der Waals surface area (Å²) in [5.74, 6) is 0. The van der Waals surface area contributed by atoms with Crippen LogP contribution >= 0.6 is 0 Å². The maximum atomic E-state index is 9.04. The predicted molar refractivity (Wildman–Crippen MR) is 48.9 cm³/mol. The molecule has 0 aliphatic carbocycles. The summed E-state index contributed by atoms with van der Waals surface area (Å²) in [6.45, 7) is 6.45. The molecule has 0 aliphatic rings. The Morgan fingerprint density at radius 1 is 1.42 bits per heavy atom. The van der Waals surface area contributed by atoms with Crippen LogP contribution in [0.15, 0.2) is 18.5 Å². The number of aliphatic hydroxyl groups excluding tert-OH is 1. The summed E-state index contributed by atoms with van der Waals surface area (Å²) in [6.07, 6.45) is 3.49. The minimum absolute atomic E-state index is 0.0699. The van der Waals surface area contributed by atoms with Crippen molar-refractivity contribution >= 4 is 0 Å². The molecule has 0 bridgehead atoms. The minimum atomic E-state index is 0.0699. The van der Waals surface area contributed by atoms with Crippen molar-refractivity contribution < 1.29 is 5.11 Å². The first-order chi connectivity index (χ1) is 5.55. The van der Waals surface area contributed by atoms with E-state index in [0.29, 0.717) is 0 Å². The van der Waals surface area contributed by atoms with Crippen LogP contribution in [0.5, 0.6) is 0 Å². The fourth-order valence-electron chi connectivity index (χ4n) is 1.28. The first kappa shape index (κ1) is 9.20. The van der Waals surface area contributed by atoms with Crippen LogP contribution in [0, 0.1) is 0 Å². The Morgan fingerprint density at radius 2 is 2.08 bits per heavy atom.